The summed E-state index contributed by atoms with van der Waals surface area (Å²) < 4.78 is 0. The number of amides is 3. The highest BCUT2D eigenvalue weighted by Gasteiger charge is 2.09. The van der Waals surface area contributed by atoms with Crippen LogP contribution in [0.1, 0.15) is 5.56 Å². The van der Waals surface area contributed by atoms with Gasteiger partial charge < -0.3 is 10.6 Å². The van der Waals surface area contributed by atoms with Gasteiger partial charge >= 0.3 is 6.03 Å². The quantitative estimate of drug-likeness (QED) is 0.798. The summed E-state index contributed by atoms with van der Waals surface area (Å²) in [6, 6.07) is 6.69. The first-order valence-corrected chi connectivity index (χ1v) is 5.97. The van der Waals surface area contributed by atoms with Crippen molar-refractivity contribution < 1.29 is 14.4 Å². The van der Waals surface area contributed by atoms with E-state index in [1.165, 1.54) is 14.2 Å². The van der Waals surface area contributed by atoms with Crippen LogP contribution < -0.4 is 10.6 Å². The third kappa shape index (κ3) is 5.58. The molecule has 0 unspecified atom stereocenters. The Kier molecular flexibility index (Phi) is 6.11. The predicted octanol–water partition coefficient (Wildman–Crippen LogP) is 1.16. The number of hydroxylamine groups is 2. The fourth-order valence-corrected chi connectivity index (χ4v) is 1.34. The van der Waals surface area contributed by atoms with Crippen molar-refractivity contribution in [2.45, 2.75) is 6.54 Å². The lowest BCUT2D eigenvalue weighted by Crippen LogP contribution is -2.42. The van der Waals surface area contributed by atoms with Crippen molar-refractivity contribution in [1.82, 2.24) is 15.7 Å². The van der Waals surface area contributed by atoms with Gasteiger partial charge in [0.25, 0.3) is 5.91 Å². The van der Waals surface area contributed by atoms with E-state index in [0.717, 1.165) is 10.6 Å². The van der Waals surface area contributed by atoms with Gasteiger partial charge in [-0.25, -0.2) is 9.86 Å². The van der Waals surface area contributed by atoms with E-state index in [2.05, 4.69) is 15.5 Å². The molecule has 0 aliphatic heterocycles. The zero-order valence-electron chi connectivity index (χ0n) is 10.8. The van der Waals surface area contributed by atoms with Crippen LogP contribution in [0.15, 0.2) is 24.3 Å². The van der Waals surface area contributed by atoms with Crippen molar-refractivity contribution in [2.24, 2.45) is 0 Å². The average Bonchev–Trinajstić information content (AvgIpc) is 2.43. The van der Waals surface area contributed by atoms with E-state index >= 15 is 0 Å². The lowest BCUT2D eigenvalue weighted by Gasteiger charge is -2.14. The summed E-state index contributed by atoms with van der Waals surface area (Å²) in [6.07, 6.45) is 0. The van der Waals surface area contributed by atoms with E-state index < -0.39 is 6.03 Å². The molecule has 1 aromatic carbocycles. The first kappa shape index (κ1) is 15.3. The SMILES string of the molecule is CON(C)C(=O)CNC(=O)NCc1ccc(Cl)cc1. The molecule has 7 heteroatoms. The molecule has 104 valence electrons. The number of urea groups is 1. The minimum absolute atomic E-state index is 0.128. The summed E-state index contributed by atoms with van der Waals surface area (Å²) in [4.78, 5) is 27.5. The van der Waals surface area contributed by atoms with Crippen LogP contribution >= 0.6 is 11.6 Å². The van der Waals surface area contributed by atoms with E-state index in [9.17, 15) is 9.59 Å². The van der Waals surface area contributed by atoms with E-state index in [-0.39, 0.29) is 12.5 Å². The number of likely N-dealkylation sites (N-methyl/N-ethyl adjacent to an activating group) is 1. The number of carbonyl (C=O) groups is 2. The highest BCUT2D eigenvalue weighted by Crippen LogP contribution is 2.08. The summed E-state index contributed by atoms with van der Waals surface area (Å²) >= 11 is 5.75. The fraction of sp³-hybridized carbons (Fsp3) is 0.333. The van der Waals surface area contributed by atoms with Gasteiger partial charge in [0.2, 0.25) is 0 Å². The second-order valence-corrected chi connectivity index (χ2v) is 4.17. The van der Waals surface area contributed by atoms with Gasteiger partial charge in [0, 0.05) is 18.6 Å². The molecule has 1 aromatic rings. The normalized spacial score (nSPS) is 9.84. The monoisotopic (exact) mass is 285 g/mol. The minimum atomic E-state index is -0.423. The lowest BCUT2D eigenvalue weighted by molar-refractivity contribution is -0.167. The molecule has 0 spiro atoms. The van der Waals surface area contributed by atoms with Gasteiger partial charge in [0.15, 0.2) is 0 Å². The van der Waals surface area contributed by atoms with Crippen LogP contribution in [0.25, 0.3) is 0 Å². The van der Waals surface area contributed by atoms with Crippen LogP contribution in [0.5, 0.6) is 0 Å². The molecule has 6 nitrogen and oxygen atoms in total. The van der Waals surface area contributed by atoms with Crippen LogP contribution in [0.4, 0.5) is 4.79 Å². The van der Waals surface area contributed by atoms with E-state index in [4.69, 9.17) is 11.6 Å². The van der Waals surface area contributed by atoms with Crippen LogP contribution in [0.3, 0.4) is 0 Å². The molecule has 2 N–H and O–H groups in total. The number of hydrogen-bond donors (Lipinski definition) is 2. The molecule has 0 saturated heterocycles. The highest BCUT2D eigenvalue weighted by atomic mass is 35.5. The molecule has 0 aliphatic carbocycles. The Bertz CT molecular complexity index is 436. The molecule has 1 rings (SSSR count). The number of halogens is 1. The van der Waals surface area contributed by atoms with Crippen molar-refractivity contribution >= 4 is 23.5 Å². The molecule has 0 atom stereocenters. The minimum Gasteiger partial charge on any atom is -0.334 e. The summed E-state index contributed by atoms with van der Waals surface area (Å²) in [5.41, 5.74) is 0.917. The summed E-state index contributed by atoms with van der Waals surface area (Å²) in [5.74, 6) is -0.343. The molecule has 0 radical (unpaired) electrons. The Labute approximate surface area is 116 Å². The van der Waals surface area contributed by atoms with E-state index in [0.29, 0.717) is 11.6 Å². The molecule has 0 fully saturated rings. The Balaban J connectivity index is 2.28. The Morgan fingerprint density at radius 1 is 1.26 bits per heavy atom. The molecular formula is C12H16ClN3O3. The first-order chi connectivity index (χ1) is 9.02. The maximum Gasteiger partial charge on any atom is 0.315 e. The van der Waals surface area contributed by atoms with Gasteiger partial charge in [-0.2, -0.15) is 0 Å². The second kappa shape index (κ2) is 7.60. The predicted molar refractivity (Wildman–Crippen MR) is 71.5 cm³/mol. The standard InChI is InChI=1S/C12H16ClN3O3/c1-16(19-2)11(17)8-15-12(18)14-7-9-3-5-10(13)6-4-9/h3-6H,7-8H2,1-2H3,(H2,14,15,18). The Morgan fingerprint density at radius 3 is 2.47 bits per heavy atom. The van der Waals surface area contributed by atoms with Gasteiger partial charge in [0.05, 0.1) is 7.11 Å². The Morgan fingerprint density at radius 2 is 1.89 bits per heavy atom. The van der Waals surface area contributed by atoms with Crippen molar-refractivity contribution in [3.05, 3.63) is 34.9 Å². The van der Waals surface area contributed by atoms with Gasteiger partial charge in [0.1, 0.15) is 6.54 Å². The molecule has 3 amide bonds. The maximum atomic E-state index is 11.4. The molecular weight excluding hydrogens is 270 g/mol. The zero-order valence-corrected chi connectivity index (χ0v) is 11.5. The molecule has 0 bridgehead atoms. The highest BCUT2D eigenvalue weighted by molar-refractivity contribution is 6.30. The second-order valence-electron chi connectivity index (χ2n) is 3.74. The van der Waals surface area contributed by atoms with Crippen LogP contribution in [-0.2, 0) is 16.2 Å². The van der Waals surface area contributed by atoms with Gasteiger partial charge in [-0.3, -0.25) is 9.63 Å². The zero-order chi connectivity index (χ0) is 14.3. The van der Waals surface area contributed by atoms with Crippen LogP contribution in [-0.4, -0.2) is 37.7 Å². The van der Waals surface area contributed by atoms with Gasteiger partial charge in [-0.05, 0) is 17.7 Å². The fourth-order valence-electron chi connectivity index (χ4n) is 1.22. The van der Waals surface area contributed by atoms with Crippen molar-refractivity contribution in [1.29, 1.82) is 0 Å². The number of nitrogens with zero attached hydrogens (tertiary/aromatic N) is 1. The number of carbonyl (C=O) groups excluding carboxylic acids is 2. The first-order valence-electron chi connectivity index (χ1n) is 5.59. The third-order valence-electron chi connectivity index (χ3n) is 2.39. The smallest absolute Gasteiger partial charge is 0.315 e. The van der Waals surface area contributed by atoms with Gasteiger partial charge in [-0.15, -0.1) is 0 Å². The van der Waals surface area contributed by atoms with Crippen molar-refractivity contribution in [3.8, 4) is 0 Å². The third-order valence-corrected chi connectivity index (χ3v) is 2.64. The number of rotatable bonds is 5. The molecule has 0 aliphatic rings. The lowest BCUT2D eigenvalue weighted by atomic mass is 10.2. The molecule has 0 heterocycles. The maximum absolute atomic E-state index is 11.4. The number of hydrogen-bond acceptors (Lipinski definition) is 3. The van der Waals surface area contributed by atoms with Gasteiger partial charge in [-0.1, -0.05) is 23.7 Å². The van der Waals surface area contributed by atoms with E-state index in [1.807, 2.05) is 12.1 Å². The van der Waals surface area contributed by atoms with E-state index in [1.54, 1.807) is 12.1 Å². The summed E-state index contributed by atoms with van der Waals surface area (Å²) in [5, 5.41) is 6.74. The molecule has 0 aromatic heterocycles. The summed E-state index contributed by atoms with van der Waals surface area (Å²) in [6.45, 7) is 0.230. The summed E-state index contributed by atoms with van der Waals surface area (Å²) in [7, 11) is 2.84. The number of nitrogens with one attached hydrogen (secondary N) is 2. The topological polar surface area (TPSA) is 70.7 Å². The molecule has 0 saturated carbocycles. The van der Waals surface area contributed by atoms with Crippen LogP contribution in [0.2, 0.25) is 5.02 Å². The van der Waals surface area contributed by atoms with Crippen molar-refractivity contribution in [3.63, 3.8) is 0 Å². The van der Waals surface area contributed by atoms with Crippen LogP contribution in [0, 0.1) is 0 Å². The molecule has 19 heavy (non-hydrogen) atoms. The largest absolute Gasteiger partial charge is 0.334 e. The Hall–Kier alpha value is -1.79. The van der Waals surface area contributed by atoms with Crippen molar-refractivity contribution in [2.75, 3.05) is 20.7 Å². The average molecular weight is 286 g/mol. The number of benzene rings is 1.